The number of hydrogen-bond donors (Lipinski definition) is 5. The maximum Gasteiger partial charge on any atom is 0.272 e. The van der Waals surface area contributed by atoms with E-state index in [-0.39, 0.29) is 22.9 Å². The van der Waals surface area contributed by atoms with Gasteiger partial charge in [-0.3, -0.25) is 29.4 Å². The SMILES string of the molecule is NC(=O)CC(N)C(=O)Nc1cccc2c(=O)[nH][nH]c(=O)c12. The molecule has 9 nitrogen and oxygen atoms in total. The highest BCUT2D eigenvalue weighted by atomic mass is 16.2. The summed E-state index contributed by atoms with van der Waals surface area (Å²) in [6.07, 6.45) is -0.326. The highest BCUT2D eigenvalue weighted by Crippen LogP contribution is 2.16. The first-order valence-corrected chi connectivity index (χ1v) is 5.98. The summed E-state index contributed by atoms with van der Waals surface area (Å²) in [6, 6.07) is 3.26. The van der Waals surface area contributed by atoms with Crippen LogP contribution in [0.5, 0.6) is 0 Å². The predicted octanol–water partition coefficient (Wildman–Crippen LogP) is -1.64. The number of carbonyl (C=O) groups excluding carboxylic acids is 2. The summed E-state index contributed by atoms with van der Waals surface area (Å²) in [6.45, 7) is 0. The predicted molar refractivity (Wildman–Crippen MR) is 75.6 cm³/mol. The van der Waals surface area contributed by atoms with E-state index in [1.165, 1.54) is 18.2 Å². The summed E-state index contributed by atoms with van der Waals surface area (Å²) >= 11 is 0. The van der Waals surface area contributed by atoms with E-state index in [1.807, 2.05) is 0 Å². The number of anilines is 1. The third-order valence-corrected chi connectivity index (χ3v) is 2.84. The molecule has 0 fully saturated rings. The van der Waals surface area contributed by atoms with Gasteiger partial charge in [-0.25, -0.2) is 0 Å². The van der Waals surface area contributed by atoms with Crippen molar-refractivity contribution >= 4 is 28.3 Å². The van der Waals surface area contributed by atoms with Crippen LogP contribution in [0.4, 0.5) is 5.69 Å². The lowest BCUT2D eigenvalue weighted by molar-refractivity contribution is -0.123. The molecule has 9 heteroatoms. The average Bonchev–Trinajstić information content (AvgIpc) is 2.42. The Bertz CT molecular complexity index is 822. The normalized spacial score (nSPS) is 12.0. The molecule has 0 bridgehead atoms. The monoisotopic (exact) mass is 291 g/mol. The highest BCUT2D eigenvalue weighted by molar-refractivity contribution is 6.04. The van der Waals surface area contributed by atoms with Crippen LogP contribution in [0, 0.1) is 0 Å². The summed E-state index contributed by atoms with van der Waals surface area (Å²) in [5.74, 6) is -1.40. The van der Waals surface area contributed by atoms with Gasteiger partial charge in [-0.15, -0.1) is 0 Å². The molecule has 1 atom stereocenters. The smallest absolute Gasteiger partial charge is 0.272 e. The molecule has 0 aliphatic rings. The van der Waals surface area contributed by atoms with E-state index in [4.69, 9.17) is 11.5 Å². The molecule has 110 valence electrons. The lowest BCUT2D eigenvalue weighted by Crippen LogP contribution is -2.39. The Hall–Kier alpha value is -2.94. The van der Waals surface area contributed by atoms with E-state index in [0.29, 0.717) is 0 Å². The van der Waals surface area contributed by atoms with Crippen LogP contribution in [0.25, 0.3) is 10.8 Å². The molecule has 0 spiro atoms. The molecule has 0 aliphatic heterocycles. The standard InChI is InChI=1S/C12H13N5O4/c13-6(4-8(14)18)11(20)15-7-3-1-2-5-9(7)12(21)17-16-10(5)19/h1-3,6H,4,13H2,(H2,14,18)(H,15,20)(H,16,19)(H,17,21). The quantitative estimate of drug-likeness (QED) is 0.455. The fraction of sp³-hybridized carbons (Fsp3) is 0.167. The van der Waals surface area contributed by atoms with Crippen LogP contribution in [0.2, 0.25) is 0 Å². The van der Waals surface area contributed by atoms with Gasteiger partial charge in [-0.2, -0.15) is 0 Å². The first-order chi connectivity index (χ1) is 9.90. The van der Waals surface area contributed by atoms with Crippen molar-refractivity contribution in [3.05, 3.63) is 38.9 Å². The molecule has 7 N–H and O–H groups in total. The number of nitrogens with one attached hydrogen (secondary N) is 3. The van der Waals surface area contributed by atoms with E-state index in [9.17, 15) is 19.2 Å². The van der Waals surface area contributed by atoms with E-state index >= 15 is 0 Å². The van der Waals surface area contributed by atoms with Crippen LogP contribution in [-0.4, -0.2) is 28.1 Å². The molecule has 1 unspecified atom stereocenters. The Labute approximate surface area is 117 Å². The lowest BCUT2D eigenvalue weighted by atomic mass is 10.1. The Morgan fingerprint density at radius 2 is 1.86 bits per heavy atom. The van der Waals surface area contributed by atoms with E-state index < -0.39 is 29.0 Å². The molecule has 0 radical (unpaired) electrons. The minimum absolute atomic E-state index is 0.0286. The first-order valence-electron chi connectivity index (χ1n) is 5.98. The molecule has 2 amide bonds. The van der Waals surface area contributed by atoms with Crippen molar-refractivity contribution in [1.29, 1.82) is 0 Å². The van der Waals surface area contributed by atoms with Gasteiger partial charge >= 0.3 is 0 Å². The molecule has 1 heterocycles. The van der Waals surface area contributed by atoms with Gasteiger partial charge < -0.3 is 16.8 Å². The van der Waals surface area contributed by atoms with Gasteiger partial charge in [0.2, 0.25) is 11.8 Å². The van der Waals surface area contributed by atoms with Crippen molar-refractivity contribution in [3.63, 3.8) is 0 Å². The number of amides is 2. The van der Waals surface area contributed by atoms with Crippen LogP contribution >= 0.6 is 0 Å². The number of H-pyrrole nitrogens is 2. The van der Waals surface area contributed by atoms with Gasteiger partial charge in [0.05, 0.1) is 28.9 Å². The second kappa shape index (κ2) is 5.59. The maximum absolute atomic E-state index is 11.8. The molecule has 2 aromatic rings. The van der Waals surface area contributed by atoms with E-state index in [2.05, 4.69) is 15.5 Å². The van der Waals surface area contributed by atoms with Crippen LogP contribution in [-0.2, 0) is 9.59 Å². The number of carbonyl (C=O) groups is 2. The Morgan fingerprint density at radius 1 is 1.19 bits per heavy atom. The number of benzene rings is 1. The lowest BCUT2D eigenvalue weighted by Gasteiger charge is -2.11. The largest absolute Gasteiger partial charge is 0.370 e. The molecule has 0 saturated heterocycles. The molecule has 2 rings (SSSR count). The third-order valence-electron chi connectivity index (χ3n) is 2.84. The second-order valence-corrected chi connectivity index (χ2v) is 4.40. The minimum atomic E-state index is -1.14. The van der Waals surface area contributed by atoms with E-state index in [1.54, 1.807) is 0 Å². The van der Waals surface area contributed by atoms with Crippen molar-refractivity contribution in [1.82, 2.24) is 10.2 Å². The zero-order chi connectivity index (χ0) is 15.6. The zero-order valence-electron chi connectivity index (χ0n) is 10.8. The molecular formula is C12H13N5O4. The topological polar surface area (TPSA) is 164 Å². The minimum Gasteiger partial charge on any atom is -0.370 e. The highest BCUT2D eigenvalue weighted by Gasteiger charge is 2.18. The van der Waals surface area contributed by atoms with Crippen molar-refractivity contribution < 1.29 is 9.59 Å². The van der Waals surface area contributed by atoms with Crippen molar-refractivity contribution in [3.8, 4) is 0 Å². The molecular weight excluding hydrogens is 278 g/mol. The number of aromatic amines is 2. The molecule has 21 heavy (non-hydrogen) atoms. The molecule has 0 aliphatic carbocycles. The summed E-state index contributed by atoms with van der Waals surface area (Å²) in [5, 5.41) is 6.92. The maximum atomic E-state index is 11.8. The van der Waals surface area contributed by atoms with Gasteiger partial charge in [0.25, 0.3) is 11.1 Å². The fourth-order valence-electron chi connectivity index (χ4n) is 1.87. The Morgan fingerprint density at radius 3 is 2.52 bits per heavy atom. The Kier molecular flexibility index (Phi) is 3.85. The van der Waals surface area contributed by atoms with E-state index in [0.717, 1.165) is 0 Å². The van der Waals surface area contributed by atoms with Gasteiger partial charge in [-0.05, 0) is 12.1 Å². The number of hydrogen-bond acceptors (Lipinski definition) is 5. The number of primary amides is 1. The summed E-state index contributed by atoms with van der Waals surface area (Å²) in [5.41, 5.74) is 9.54. The fourth-order valence-corrected chi connectivity index (χ4v) is 1.87. The first kappa shape index (κ1) is 14.5. The van der Waals surface area contributed by atoms with Gasteiger partial charge in [0.15, 0.2) is 0 Å². The molecule has 1 aromatic carbocycles. The number of aromatic nitrogens is 2. The third kappa shape index (κ3) is 2.98. The van der Waals surface area contributed by atoms with Crippen LogP contribution in [0.3, 0.4) is 0 Å². The van der Waals surface area contributed by atoms with Crippen molar-refractivity contribution in [2.45, 2.75) is 12.5 Å². The van der Waals surface area contributed by atoms with Crippen LogP contribution < -0.4 is 27.9 Å². The average molecular weight is 291 g/mol. The molecule has 0 saturated carbocycles. The summed E-state index contributed by atoms with van der Waals surface area (Å²) in [4.78, 5) is 46.0. The van der Waals surface area contributed by atoms with Crippen molar-refractivity contribution in [2.75, 3.05) is 5.32 Å². The molecule has 1 aromatic heterocycles. The Balaban J connectivity index is 2.42. The summed E-state index contributed by atoms with van der Waals surface area (Å²) in [7, 11) is 0. The number of fused-ring (bicyclic) bond motifs is 1. The van der Waals surface area contributed by atoms with Crippen molar-refractivity contribution in [2.24, 2.45) is 11.5 Å². The number of nitrogens with two attached hydrogens (primary N) is 2. The second-order valence-electron chi connectivity index (χ2n) is 4.40. The zero-order valence-corrected chi connectivity index (χ0v) is 10.8. The van der Waals surface area contributed by atoms with Gasteiger partial charge in [-0.1, -0.05) is 6.07 Å². The van der Waals surface area contributed by atoms with Gasteiger partial charge in [0, 0.05) is 0 Å². The van der Waals surface area contributed by atoms with Gasteiger partial charge in [0.1, 0.15) is 0 Å². The van der Waals surface area contributed by atoms with Crippen LogP contribution in [0.15, 0.2) is 27.8 Å². The van der Waals surface area contributed by atoms with Crippen LogP contribution in [0.1, 0.15) is 6.42 Å². The summed E-state index contributed by atoms with van der Waals surface area (Å²) < 4.78 is 0. The number of rotatable bonds is 4.